The number of nitrogens with zero attached hydrogens (tertiary/aromatic N) is 1. The fraction of sp³-hybridized carbons (Fsp3) is 0.190. The van der Waals surface area contributed by atoms with Gasteiger partial charge in [-0.05, 0) is 57.2 Å². The van der Waals surface area contributed by atoms with Crippen molar-refractivity contribution >= 4 is 61.4 Å². The zero-order chi connectivity index (χ0) is 21.6. The number of nitrogens with one attached hydrogen (secondary N) is 2. The van der Waals surface area contributed by atoms with E-state index in [1.807, 2.05) is 12.1 Å². The highest BCUT2D eigenvalue weighted by atomic mass is 79.9. The number of benzene rings is 2. The summed E-state index contributed by atoms with van der Waals surface area (Å²) in [5.41, 5.74) is 0.949. The number of ether oxygens (including phenoxy) is 1. The van der Waals surface area contributed by atoms with E-state index in [4.69, 9.17) is 20.8 Å². The number of rotatable bonds is 2. The summed E-state index contributed by atoms with van der Waals surface area (Å²) < 4.78 is 11.8. The van der Waals surface area contributed by atoms with Gasteiger partial charge in [-0.1, -0.05) is 27.5 Å². The van der Waals surface area contributed by atoms with E-state index in [1.54, 1.807) is 45.0 Å². The van der Waals surface area contributed by atoms with Gasteiger partial charge < -0.3 is 14.1 Å². The molecule has 0 atom stereocenters. The van der Waals surface area contributed by atoms with Gasteiger partial charge in [0.1, 0.15) is 22.5 Å². The van der Waals surface area contributed by atoms with Crippen LogP contribution in [0.5, 0.6) is 0 Å². The van der Waals surface area contributed by atoms with Crippen LogP contribution < -0.4 is 10.9 Å². The van der Waals surface area contributed by atoms with E-state index < -0.39 is 17.3 Å². The van der Waals surface area contributed by atoms with Crippen LogP contribution in [0.2, 0.25) is 5.02 Å². The molecule has 0 saturated heterocycles. The van der Waals surface area contributed by atoms with Crippen LogP contribution in [0.15, 0.2) is 50.1 Å². The number of anilines is 1. The van der Waals surface area contributed by atoms with Gasteiger partial charge in [-0.15, -0.1) is 0 Å². The molecule has 0 aliphatic rings. The molecule has 2 aromatic heterocycles. The predicted octanol–water partition coefficient (Wildman–Crippen LogP) is 6.10. The molecule has 4 rings (SSSR count). The topological polar surface area (TPSA) is 97.2 Å². The molecule has 2 N–H and O–H groups in total. The molecule has 30 heavy (non-hydrogen) atoms. The van der Waals surface area contributed by atoms with Crippen molar-refractivity contribution in [1.82, 2.24) is 9.97 Å². The molecule has 0 unspecified atom stereocenters. The third-order valence-corrected chi connectivity index (χ3v) is 4.98. The van der Waals surface area contributed by atoms with Crippen molar-refractivity contribution in [3.05, 3.63) is 56.2 Å². The number of hydrogen-bond donors (Lipinski definition) is 2. The Morgan fingerprint density at radius 3 is 2.73 bits per heavy atom. The van der Waals surface area contributed by atoms with Gasteiger partial charge in [0.2, 0.25) is 5.58 Å². The minimum Gasteiger partial charge on any atom is -0.449 e. The number of amides is 1. The molecule has 0 spiro atoms. The molecular formula is C21H17BrClN3O4. The molecule has 7 nitrogen and oxygen atoms in total. The molecule has 0 fully saturated rings. The second kappa shape index (κ2) is 7.45. The Kier molecular flexibility index (Phi) is 5.07. The molecule has 0 radical (unpaired) electrons. The zero-order valence-electron chi connectivity index (χ0n) is 16.3. The Hall–Kier alpha value is -2.84. The van der Waals surface area contributed by atoms with Crippen molar-refractivity contribution in [2.45, 2.75) is 26.4 Å². The lowest BCUT2D eigenvalue weighted by Crippen LogP contribution is -2.27. The second-order valence-corrected chi connectivity index (χ2v) is 8.98. The summed E-state index contributed by atoms with van der Waals surface area (Å²) in [4.78, 5) is 32.0. The van der Waals surface area contributed by atoms with Crippen LogP contribution >= 0.6 is 27.5 Å². The molecule has 4 aromatic rings. The number of hydrogen-bond acceptors (Lipinski definition) is 5. The summed E-state index contributed by atoms with van der Waals surface area (Å²) in [6.07, 6.45) is -0.599. The van der Waals surface area contributed by atoms with Crippen molar-refractivity contribution in [3.63, 3.8) is 0 Å². The van der Waals surface area contributed by atoms with Crippen LogP contribution in [-0.2, 0) is 4.74 Å². The van der Waals surface area contributed by atoms with E-state index in [0.717, 1.165) is 4.47 Å². The van der Waals surface area contributed by atoms with Crippen molar-refractivity contribution in [2.24, 2.45) is 0 Å². The molecule has 9 heteroatoms. The maximum atomic E-state index is 12.6. The van der Waals surface area contributed by atoms with Gasteiger partial charge in [0.15, 0.2) is 0 Å². The largest absolute Gasteiger partial charge is 0.449 e. The zero-order valence-corrected chi connectivity index (χ0v) is 18.6. The van der Waals surface area contributed by atoms with E-state index in [9.17, 15) is 9.59 Å². The third kappa shape index (κ3) is 4.06. The molecular weight excluding hydrogens is 474 g/mol. The average molecular weight is 491 g/mol. The van der Waals surface area contributed by atoms with Gasteiger partial charge in [-0.3, -0.25) is 10.1 Å². The van der Waals surface area contributed by atoms with Crippen LogP contribution in [-0.4, -0.2) is 21.7 Å². The molecule has 2 aromatic carbocycles. The minimum absolute atomic E-state index is 0.131. The maximum Gasteiger partial charge on any atom is 0.412 e. The normalized spacial score (nSPS) is 11.8. The van der Waals surface area contributed by atoms with E-state index in [-0.39, 0.29) is 11.4 Å². The second-order valence-electron chi connectivity index (χ2n) is 7.66. The summed E-state index contributed by atoms with van der Waals surface area (Å²) in [7, 11) is 0. The van der Waals surface area contributed by atoms with Crippen LogP contribution in [0, 0.1) is 0 Å². The van der Waals surface area contributed by atoms with E-state index >= 15 is 0 Å². The molecule has 0 aliphatic carbocycles. The first kappa shape index (κ1) is 20.4. The fourth-order valence-electron chi connectivity index (χ4n) is 2.96. The Bertz CT molecular complexity index is 1350. The van der Waals surface area contributed by atoms with Crippen molar-refractivity contribution in [3.8, 4) is 11.4 Å². The summed E-state index contributed by atoms with van der Waals surface area (Å²) in [6.45, 7) is 5.33. The Labute approximate surface area is 184 Å². The highest BCUT2D eigenvalue weighted by Crippen LogP contribution is 2.32. The number of carbonyl (C=O) groups is 1. The molecule has 0 bridgehead atoms. The standard InChI is InChI=1S/C21H17BrClN3O4/c1-21(2,3)30-20(28)24-11-5-6-14(23)12(9-11)18-25-16-13-8-10(22)4-7-15(13)29-17(16)19(27)26-18/h4-9H,1-3H3,(H,24,28)(H,25,26,27). The van der Waals surface area contributed by atoms with Gasteiger partial charge in [0.25, 0.3) is 5.56 Å². The first-order valence-corrected chi connectivity index (χ1v) is 10.2. The van der Waals surface area contributed by atoms with Gasteiger partial charge in [0.05, 0.1) is 5.02 Å². The number of halogens is 2. The number of carbonyl (C=O) groups excluding carboxylic acids is 1. The minimum atomic E-state index is -0.631. The van der Waals surface area contributed by atoms with Crippen molar-refractivity contribution in [1.29, 1.82) is 0 Å². The van der Waals surface area contributed by atoms with Crippen LogP contribution in [0.4, 0.5) is 10.5 Å². The number of aromatic nitrogens is 2. The fourth-order valence-corrected chi connectivity index (χ4v) is 3.53. The molecule has 1 amide bonds. The monoisotopic (exact) mass is 489 g/mol. The quantitative estimate of drug-likeness (QED) is 0.354. The number of aromatic amines is 1. The molecule has 0 saturated carbocycles. The highest BCUT2D eigenvalue weighted by Gasteiger charge is 2.18. The van der Waals surface area contributed by atoms with Crippen LogP contribution in [0.25, 0.3) is 33.5 Å². The lowest BCUT2D eigenvalue weighted by molar-refractivity contribution is 0.0636. The maximum absolute atomic E-state index is 12.6. The number of H-pyrrole nitrogens is 1. The smallest absolute Gasteiger partial charge is 0.412 e. The van der Waals surface area contributed by atoms with Crippen molar-refractivity contribution in [2.75, 3.05) is 5.32 Å². The predicted molar refractivity (Wildman–Crippen MR) is 120 cm³/mol. The van der Waals surface area contributed by atoms with Crippen molar-refractivity contribution < 1.29 is 13.9 Å². The Morgan fingerprint density at radius 2 is 2.00 bits per heavy atom. The summed E-state index contributed by atoms with van der Waals surface area (Å²) in [6, 6.07) is 10.3. The van der Waals surface area contributed by atoms with E-state index in [0.29, 0.717) is 32.8 Å². The third-order valence-electron chi connectivity index (χ3n) is 4.15. The van der Waals surface area contributed by atoms with Gasteiger partial charge >= 0.3 is 6.09 Å². The van der Waals surface area contributed by atoms with Crippen LogP contribution in [0.3, 0.4) is 0 Å². The van der Waals surface area contributed by atoms with Crippen LogP contribution in [0.1, 0.15) is 20.8 Å². The lowest BCUT2D eigenvalue weighted by atomic mass is 10.1. The molecule has 0 aliphatic heterocycles. The first-order valence-electron chi connectivity index (χ1n) is 9.03. The van der Waals surface area contributed by atoms with E-state index in [2.05, 4.69) is 31.2 Å². The summed E-state index contributed by atoms with van der Waals surface area (Å²) in [5.74, 6) is 0.257. The summed E-state index contributed by atoms with van der Waals surface area (Å²) >= 11 is 9.78. The lowest BCUT2D eigenvalue weighted by Gasteiger charge is -2.19. The number of furan rings is 1. The molecule has 2 heterocycles. The summed E-state index contributed by atoms with van der Waals surface area (Å²) in [5, 5.41) is 3.72. The highest BCUT2D eigenvalue weighted by molar-refractivity contribution is 9.10. The Morgan fingerprint density at radius 1 is 1.23 bits per heavy atom. The SMILES string of the molecule is CC(C)(C)OC(=O)Nc1ccc(Cl)c(-c2nc3c(oc4ccc(Br)cc43)c(=O)[nH]2)c1. The van der Waals surface area contributed by atoms with E-state index in [1.165, 1.54) is 0 Å². The molecule has 154 valence electrons. The van der Waals surface area contributed by atoms with Gasteiger partial charge in [-0.2, -0.15) is 0 Å². The van der Waals surface area contributed by atoms with Gasteiger partial charge in [0, 0.05) is 21.1 Å². The average Bonchev–Trinajstić information content (AvgIpc) is 3.00. The first-order chi connectivity index (χ1) is 14.1. The van der Waals surface area contributed by atoms with Gasteiger partial charge in [-0.25, -0.2) is 9.78 Å². The number of fused-ring (bicyclic) bond motifs is 3. The Balaban J connectivity index is 1.80.